The molecular formula is C28H31F4N3O3S. The van der Waals surface area contributed by atoms with E-state index >= 15 is 0 Å². The number of fused-ring (bicyclic) bond motifs is 1. The number of anilines is 1. The molecule has 0 amide bonds. The lowest BCUT2D eigenvalue weighted by molar-refractivity contribution is -0.141. The highest BCUT2D eigenvalue weighted by Gasteiger charge is 2.32. The second kappa shape index (κ2) is 12.3. The van der Waals surface area contributed by atoms with E-state index in [1.54, 1.807) is 12.1 Å². The van der Waals surface area contributed by atoms with Crippen LogP contribution >= 0.6 is 0 Å². The van der Waals surface area contributed by atoms with Gasteiger partial charge in [-0.05, 0) is 59.9 Å². The monoisotopic (exact) mass is 565 g/mol. The number of halogens is 4. The fraction of sp³-hybridized carbons (Fsp3) is 0.393. The molecule has 0 saturated carbocycles. The molecule has 1 aromatic heterocycles. The molecule has 210 valence electrons. The predicted molar refractivity (Wildman–Crippen MR) is 140 cm³/mol. The van der Waals surface area contributed by atoms with Crippen LogP contribution in [0.2, 0.25) is 0 Å². The molecular weight excluding hydrogens is 534 g/mol. The Balaban J connectivity index is 1.37. The van der Waals surface area contributed by atoms with Crippen molar-refractivity contribution in [2.24, 2.45) is 0 Å². The molecule has 2 heterocycles. The molecule has 2 aromatic carbocycles. The summed E-state index contributed by atoms with van der Waals surface area (Å²) in [5.41, 5.74) is 1.34. The number of benzene rings is 2. The Kier molecular flexibility index (Phi) is 9.12. The maximum absolute atomic E-state index is 14.6. The van der Waals surface area contributed by atoms with Gasteiger partial charge in [-0.2, -0.15) is 13.2 Å². The summed E-state index contributed by atoms with van der Waals surface area (Å²) in [5, 5.41) is 0. The number of unbranched alkanes of at least 4 members (excludes halogenated alkanes) is 3. The third kappa shape index (κ3) is 7.69. The van der Waals surface area contributed by atoms with Gasteiger partial charge in [0.25, 0.3) is 10.0 Å². The third-order valence-corrected chi connectivity index (χ3v) is 7.92. The first-order valence-corrected chi connectivity index (χ1v) is 14.3. The molecule has 11 heteroatoms. The molecule has 1 aliphatic heterocycles. The van der Waals surface area contributed by atoms with Gasteiger partial charge >= 0.3 is 6.18 Å². The molecule has 0 fully saturated rings. The molecule has 0 radical (unpaired) electrons. The van der Waals surface area contributed by atoms with Gasteiger partial charge in [-0.3, -0.25) is 14.6 Å². The van der Waals surface area contributed by atoms with Crippen molar-refractivity contribution >= 4 is 15.7 Å². The fourth-order valence-corrected chi connectivity index (χ4v) is 5.54. The van der Waals surface area contributed by atoms with Crippen LogP contribution in [0.15, 0.2) is 59.6 Å². The van der Waals surface area contributed by atoms with E-state index in [1.165, 1.54) is 36.5 Å². The van der Waals surface area contributed by atoms with Gasteiger partial charge in [0.2, 0.25) is 0 Å². The first-order chi connectivity index (χ1) is 18.5. The van der Waals surface area contributed by atoms with Gasteiger partial charge < -0.3 is 4.74 Å². The lowest BCUT2D eigenvalue weighted by atomic mass is 9.99. The number of hydrogen-bond acceptors (Lipinski definition) is 5. The summed E-state index contributed by atoms with van der Waals surface area (Å²) in [5.74, 6) is -0.381. The summed E-state index contributed by atoms with van der Waals surface area (Å²) >= 11 is 0. The summed E-state index contributed by atoms with van der Waals surface area (Å²) in [6, 6.07) is 11.2. The van der Waals surface area contributed by atoms with E-state index in [9.17, 15) is 26.0 Å². The van der Waals surface area contributed by atoms with Crippen molar-refractivity contribution < 1.29 is 30.7 Å². The Morgan fingerprint density at radius 3 is 2.54 bits per heavy atom. The normalized spacial score (nSPS) is 14.2. The number of ether oxygens (including phenoxy) is 1. The smallest absolute Gasteiger partial charge is 0.433 e. The molecule has 0 bridgehead atoms. The van der Waals surface area contributed by atoms with Crippen LogP contribution in [-0.2, 0) is 35.7 Å². The minimum absolute atomic E-state index is 0.0253. The second-order valence-electron chi connectivity index (χ2n) is 9.60. The molecule has 3 aromatic rings. The van der Waals surface area contributed by atoms with E-state index in [0.29, 0.717) is 44.0 Å². The van der Waals surface area contributed by atoms with Crippen LogP contribution < -0.4 is 9.46 Å². The zero-order chi connectivity index (χ0) is 28.0. The number of sulfonamides is 1. The maximum atomic E-state index is 14.6. The SMILES string of the molecule is CCCCCCOc1ccc(NS(=O)(=O)c2ccc3c(c2)CCN(Cc2ccc(C(F)(F)F)nc2)C3)c(F)c1. The van der Waals surface area contributed by atoms with Crippen molar-refractivity contribution in [2.75, 3.05) is 17.9 Å². The number of nitrogens with zero attached hydrogens (tertiary/aromatic N) is 2. The van der Waals surface area contributed by atoms with Crippen molar-refractivity contribution in [1.82, 2.24) is 9.88 Å². The zero-order valence-electron chi connectivity index (χ0n) is 21.6. The molecule has 6 nitrogen and oxygen atoms in total. The van der Waals surface area contributed by atoms with Crippen LogP contribution in [0.3, 0.4) is 0 Å². The van der Waals surface area contributed by atoms with Crippen molar-refractivity contribution in [3.63, 3.8) is 0 Å². The summed E-state index contributed by atoms with van der Waals surface area (Å²) in [6.45, 7) is 4.11. The Morgan fingerprint density at radius 2 is 1.85 bits per heavy atom. The first kappa shape index (κ1) is 28.8. The summed E-state index contributed by atoms with van der Waals surface area (Å²) in [7, 11) is -4.03. The lowest BCUT2D eigenvalue weighted by Gasteiger charge is -2.29. The molecule has 0 atom stereocenters. The van der Waals surface area contributed by atoms with E-state index in [1.807, 2.05) is 0 Å². The Morgan fingerprint density at radius 1 is 1.03 bits per heavy atom. The molecule has 0 aliphatic carbocycles. The van der Waals surface area contributed by atoms with Gasteiger partial charge in [0.1, 0.15) is 11.4 Å². The third-order valence-electron chi connectivity index (χ3n) is 6.55. The van der Waals surface area contributed by atoms with Gasteiger partial charge in [-0.25, -0.2) is 12.8 Å². The molecule has 39 heavy (non-hydrogen) atoms. The minimum atomic E-state index is -4.48. The van der Waals surface area contributed by atoms with Gasteiger partial charge in [0.05, 0.1) is 17.2 Å². The van der Waals surface area contributed by atoms with Gasteiger partial charge in [-0.15, -0.1) is 0 Å². The highest BCUT2D eigenvalue weighted by molar-refractivity contribution is 7.92. The quantitative estimate of drug-likeness (QED) is 0.211. The van der Waals surface area contributed by atoms with Crippen molar-refractivity contribution in [1.29, 1.82) is 0 Å². The lowest BCUT2D eigenvalue weighted by Crippen LogP contribution is -2.30. The standard InChI is InChI=1S/C28H31F4N3O3S/c1-2-3-4-5-14-38-23-8-10-26(25(29)16-23)34-39(36,37)24-9-7-22-19-35(13-12-21(22)15-24)18-20-6-11-27(33-17-20)28(30,31)32/h6-11,15-17,34H,2-5,12-14,18-19H2,1H3. The molecule has 1 aliphatic rings. The van der Waals surface area contributed by atoms with E-state index in [0.717, 1.165) is 42.9 Å². The molecule has 4 rings (SSSR count). The van der Waals surface area contributed by atoms with Crippen LogP contribution in [0.5, 0.6) is 5.75 Å². The maximum Gasteiger partial charge on any atom is 0.433 e. The molecule has 0 saturated heterocycles. The van der Waals surface area contributed by atoms with Crippen molar-refractivity contribution in [3.05, 3.63) is 82.9 Å². The number of hydrogen-bond donors (Lipinski definition) is 1. The van der Waals surface area contributed by atoms with Crippen molar-refractivity contribution in [3.8, 4) is 5.75 Å². The number of alkyl halides is 3. The molecule has 1 N–H and O–H groups in total. The number of aromatic nitrogens is 1. The van der Waals surface area contributed by atoms with Crippen LogP contribution in [0.25, 0.3) is 0 Å². The zero-order valence-corrected chi connectivity index (χ0v) is 22.4. The highest BCUT2D eigenvalue weighted by atomic mass is 32.2. The molecule has 0 spiro atoms. The topological polar surface area (TPSA) is 71.5 Å². The van der Waals surface area contributed by atoms with Crippen LogP contribution in [0.4, 0.5) is 23.2 Å². The second-order valence-corrected chi connectivity index (χ2v) is 11.3. The van der Waals surface area contributed by atoms with E-state index in [4.69, 9.17) is 4.74 Å². The largest absolute Gasteiger partial charge is 0.493 e. The summed E-state index contributed by atoms with van der Waals surface area (Å²) < 4.78 is 86.7. The minimum Gasteiger partial charge on any atom is -0.493 e. The number of nitrogens with one attached hydrogen (secondary N) is 1. The number of rotatable bonds is 11. The Labute approximate surface area is 226 Å². The highest BCUT2D eigenvalue weighted by Crippen LogP contribution is 2.29. The summed E-state index contributed by atoms with van der Waals surface area (Å²) in [4.78, 5) is 5.59. The predicted octanol–water partition coefficient (Wildman–Crippen LogP) is 6.56. The van der Waals surface area contributed by atoms with Crippen LogP contribution in [0.1, 0.15) is 55.0 Å². The van der Waals surface area contributed by atoms with Crippen LogP contribution in [0, 0.1) is 5.82 Å². The van der Waals surface area contributed by atoms with Crippen molar-refractivity contribution in [2.45, 2.75) is 63.2 Å². The Hall–Kier alpha value is -3.18. The van der Waals surface area contributed by atoms with Crippen LogP contribution in [-0.4, -0.2) is 31.5 Å². The van der Waals surface area contributed by atoms with Gasteiger partial charge in [0.15, 0.2) is 5.82 Å². The summed E-state index contributed by atoms with van der Waals surface area (Å²) in [6.07, 6.45) is 1.43. The van der Waals surface area contributed by atoms with E-state index in [2.05, 4.69) is 21.5 Å². The average molecular weight is 566 g/mol. The van der Waals surface area contributed by atoms with Gasteiger partial charge in [0, 0.05) is 31.9 Å². The van der Waals surface area contributed by atoms with E-state index in [-0.39, 0.29) is 10.6 Å². The average Bonchev–Trinajstić information content (AvgIpc) is 2.89. The fourth-order valence-electron chi connectivity index (χ4n) is 4.42. The van der Waals surface area contributed by atoms with E-state index < -0.39 is 27.7 Å². The van der Waals surface area contributed by atoms with Gasteiger partial charge in [-0.1, -0.05) is 38.3 Å². The Bertz CT molecular complexity index is 1380. The first-order valence-electron chi connectivity index (χ1n) is 12.9. The molecule has 0 unspecified atom stereocenters. The number of pyridine rings is 1.